The lowest BCUT2D eigenvalue weighted by molar-refractivity contribution is -0.156. The Bertz CT molecular complexity index is 842. The lowest BCUT2D eigenvalue weighted by atomic mass is 10.1. The van der Waals surface area contributed by atoms with Crippen molar-refractivity contribution in [3.63, 3.8) is 0 Å². The molecule has 11 heteroatoms. The Balaban J connectivity index is 3.06. The Kier molecular flexibility index (Phi) is 6.93. The molecule has 0 aliphatic rings. The second kappa shape index (κ2) is 8.35. The molecule has 1 rings (SSSR count). The Morgan fingerprint density at radius 3 is 2.30 bits per heavy atom. The zero-order valence-electron chi connectivity index (χ0n) is 15.3. The number of esters is 2. The Hall–Kier alpha value is -2.66. The molecule has 0 saturated carbocycles. The lowest BCUT2D eigenvalue weighted by Gasteiger charge is -2.21. The number of benzene rings is 1. The number of methoxy groups -OCH3 is 1. The molecule has 0 heterocycles. The summed E-state index contributed by atoms with van der Waals surface area (Å²) < 4.78 is 36.3. The number of rotatable bonds is 7. The summed E-state index contributed by atoms with van der Waals surface area (Å²) in [5.41, 5.74) is 4.25. The van der Waals surface area contributed by atoms with Crippen LogP contribution in [0, 0.1) is 0 Å². The number of phenols is 1. The van der Waals surface area contributed by atoms with Gasteiger partial charge in [-0.05, 0) is 39.0 Å². The van der Waals surface area contributed by atoms with Crippen LogP contribution in [0.5, 0.6) is 5.75 Å². The largest absolute Gasteiger partial charge is 0.507 e. The van der Waals surface area contributed by atoms with E-state index in [9.17, 15) is 27.9 Å². The van der Waals surface area contributed by atoms with Crippen molar-refractivity contribution in [2.24, 2.45) is 5.73 Å². The van der Waals surface area contributed by atoms with Gasteiger partial charge in [0.05, 0.1) is 19.1 Å². The number of amides is 1. The molecule has 0 aliphatic carbocycles. The van der Waals surface area contributed by atoms with Gasteiger partial charge in [-0.25, -0.2) is 13.2 Å². The number of carbonyl (C=O) groups excluding carboxylic acids is 3. The van der Waals surface area contributed by atoms with E-state index in [0.29, 0.717) is 0 Å². The highest BCUT2D eigenvalue weighted by atomic mass is 32.2. The number of aromatic hydroxyl groups is 1. The molecule has 1 atom stereocenters. The molecule has 4 N–H and O–H groups in total. The SMILES string of the molecule is COC(=O)c1ccc(S(=O)(=O)N[C@@H](CC(=O)OC(C)(C)C)C(N)=O)c(O)c1. The Labute approximate surface area is 156 Å². The minimum absolute atomic E-state index is 0.0749. The Morgan fingerprint density at radius 2 is 1.85 bits per heavy atom. The first-order valence-electron chi connectivity index (χ1n) is 7.71. The fourth-order valence-electron chi connectivity index (χ4n) is 1.99. The molecule has 0 fully saturated rings. The molecule has 0 saturated heterocycles. The van der Waals surface area contributed by atoms with E-state index in [1.54, 1.807) is 20.8 Å². The first kappa shape index (κ1) is 22.4. The van der Waals surface area contributed by atoms with E-state index >= 15 is 0 Å². The lowest BCUT2D eigenvalue weighted by Crippen LogP contribution is -2.46. The molecule has 10 nitrogen and oxygen atoms in total. The molecule has 0 aromatic heterocycles. The maximum atomic E-state index is 12.4. The molecule has 0 radical (unpaired) electrons. The molecule has 1 amide bonds. The predicted molar refractivity (Wildman–Crippen MR) is 93.2 cm³/mol. The van der Waals surface area contributed by atoms with Gasteiger partial charge in [-0.15, -0.1) is 0 Å². The van der Waals surface area contributed by atoms with Crippen molar-refractivity contribution in [2.75, 3.05) is 7.11 Å². The number of hydrogen-bond donors (Lipinski definition) is 3. The minimum atomic E-state index is -4.43. The number of phenolic OH excluding ortho intramolecular Hbond substituents is 1. The van der Waals surface area contributed by atoms with Gasteiger partial charge in [-0.1, -0.05) is 0 Å². The quantitative estimate of drug-likeness (QED) is 0.539. The van der Waals surface area contributed by atoms with Crippen LogP contribution < -0.4 is 10.5 Å². The van der Waals surface area contributed by atoms with E-state index in [1.165, 1.54) is 0 Å². The summed E-state index contributed by atoms with van der Waals surface area (Å²) in [5.74, 6) is -3.46. The fraction of sp³-hybridized carbons (Fsp3) is 0.438. The van der Waals surface area contributed by atoms with Gasteiger partial charge < -0.3 is 20.3 Å². The van der Waals surface area contributed by atoms with Crippen molar-refractivity contribution in [3.05, 3.63) is 23.8 Å². The van der Waals surface area contributed by atoms with Crippen LogP contribution in [-0.4, -0.2) is 50.1 Å². The van der Waals surface area contributed by atoms with Crippen LogP contribution in [0.3, 0.4) is 0 Å². The number of carbonyl (C=O) groups is 3. The zero-order chi connectivity index (χ0) is 21.0. The van der Waals surface area contributed by atoms with Gasteiger partial charge in [-0.2, -0.15) is 4.72 Å². The molecular weight excluding hydrogens is 380 g/mol. The smallest absolute Gasteiger partial charge is 0.337 e. The molecule has 1 aromatic rings. The summed E-state index contributed by atoms with van der Waals surface area (Å²) in [7, 11) is -3.31. The van der Waals surface area contributed by atoms with Gasteiger partial charge in [0, 0.05) is 0 Å². The molecule has 0 unspecified atom stereocenters. The molecule has 150 valence electrons. The van der Waals surface area contributed by atoms with Crippen molar-refractivity contribution >= 4 is 27.9 Å². The van der Waals surface area contributed by atoms with E-state index in [-0.39, 0.29) is 5.56 Å². The van der Waals surface area contributed by atoms with Crippen LogP contribution in [0.1, 0.15) is 37.6 Å². The molecule has 0 spiro atoms. The topological polar surface area (TPSA) is 162 Å². The summed E-state index contributed by atoms with van der Waals surface area (Å²) in [6.07, 6.45) is -0.632. The van der Waals surface area contributed by atoms with Crippen LogP contribution in [0.25, 0.3) is 0 Å². The van der Waals surface area contributed by atoms with E-state index in [2.05, 4.69) is 4.74 Å². The third-order valence-corrected chi connectivity index (χ3v) is 4.62. The van der Waals surface area contributed by atoms with Crippen LogP contribution in [0.15, 0.2) is 23.1 Å². The van der Waals surface area contributed by atoms with Crippen molar-refractivity contribution in [2.45, 2.75) is 43.7 Å². The monoisotopic (exact) mass is 402 g/mol. The zero-order valence-corrected chi connectivity index (χ0v) is 16.1. The minimum Gasteiger partial charge on any atom is -0.507 e. The third-order valence-electron chi connectivity index (χ3n) is 3.10. The van der Waals surface area contributed by atoms with Crippen LogP contribution in [0.2, 0.25) is 0 Å². The predicted octanol–water partition coefficient (Wildman–Crippen LogP) is 0.0428. The van der Waals surface area contributed by atoms with Crippen molar-refractivity contribution in [1.82, 2.24) is 4.72 Å². The summed E-state index contributed by atoms with van der Waals surface area (Å²) in [5, 5.41) is 9.92. The average Bonchev–Trinajstić information content (AvgIpc) is 2.50. The maximum Gasteiger partial charge on any atom is 0.337 e. The first-order chi connectivity index (χ1) is 12.3. The highest BCUT2D eigenvalue weighted by molar-refractivity contribution is 7.89. The number of primary amides is 1. The molecular formula is C16H22N2O8S. The summed E-state index contributed by atoms with van der Waals surface area (Å²) in [4.78, 5) is 34.2. The molecule has 0 aliphatic heterocycles. The second-order valence-corrected chi connectivity index (χ2v) is 8.22. The fourth-order valence-corrected chi connectivity index (χ4v) is 3.27. The number of nitrogens with one attached hydrogen (secondary N) is 1. The van der Waals surface area contributed by atoms with Gasteiger partial charge in [0.2, 0.25) is 15.9 Å². The van der Waals surface area contributed by atoms with E-state index < -0.39 is 56.6 Å². The second-order valence-electron chi connectivity index (χ2n) is 6.54. The van der Waals surface area contributed by atoms with Gasteiger partial charge in [0.1, 0.15) is 22.3 Å². The Morgan fingerprint density at radius 1 is 1.26 bits per heavy atom. The van der Waals surface area contributed by atoms with Crippen molar-refractivity contribution in [1.29, 1.82) is 0 Å². The molecule has 27 heavy (non-hydrogen) atoms. The van der Waals surface area contributed by atoms with Crippen molar-refractivity contribution in [3.8, 4) is 5.75 Å². The van der Waals surface area contributed by atoms with Gasteiger partial charge in [0.15, 0.2) is 0 Å². The maximum absolute atomic E-state index is 12.4. The normalized spacial score (nSPS) is 12.9. The van der Waals surface area contributed by atoms with Crippen LogP contribution in [0.4, 0.5) is 0 Å². The van der Waals surface area contributed by atoms with E-state index in [0.717, 1.165) is 25.3 Å². The highest BCUT2D eigenvalue weighted by Gasteiger charge is 2.30. The third kappa shape index (κ3) is 6.53. The summed E-state index contributed by atoms with van der Waals surface area (Å²) in [6, 6.07) is 1.38. The standard InChI is InChI=1S/C16H22N2O8S/c1-16(2,3)26-13(20)8-10(14(17)21)18-27(23,24)12-6-5-9(7-11(12)19)15(22)25-4/h5-7,10,18-19H,8H2,1-4H3,(H2,17,21)/t10-/m0/s1. The number of ether oxygens (including phenoxy) is 2. The first-order valence-corrected chi connectivity index (χ1v) is 9.20. The van der Waals surface area contributed by atoms with Gasteiger partial charge >= 0.3 is 11.9 Å². The van der Waals surface area contributed by atoms with Gasteiger partial charge in [0.25, 0.3) is 0 Å². The number of sulfonamides is 1. The number of nitrogens with two attached hydrogens (primary N) is 1. The van der Waals surface area contributed by atoms with E-state index in [1.807, 2.05) is 4.72 Å². The average molecular weight is 402 g/mol. The summed E-state index contributed by atoms with van der Waals surface area (Å²) >= 11 is 0. The highest BCUT2D eigenvalue weighted by Crippen LogP contribution is 2.24. The number of hydrogen-bond acceptors (Lipinski definition) is 8. The van der Waals surface area contributed by atoms with Gasteiger partial charge in [-0.3, -0.25) is 9.59 Å². The van der Waals surface area contributed by atoms with Crippen LogP contribution >= 0.6 is 0 Å². The van der Waals surface area contributed by atoms with Crippen LogP contribution in [-0.2, 0) is 29.1 Å². The summed E-state index contributed by atoms with van der Waals surface area (Å²) in [6.45, 7) is 4.82. The van der Waals surface area contributed by atoms with E-state index in [4.69, 9.17) is 10.5 Å². The van der Waals surface area contributed by atoms with Crippen molar-refractivity contribution < 1.29 is 37.4 Å². The molecule has 0 bridgehead atoms. The molecule has 1 aromatic carbocycles.